The minimum atomic E-state index is -0.592. The molecule has 4 amide bonds. The lowest BCUT2D eigenvalue weighted by atomic mass is 9.96. The smallest absolute Gasteiger partial charge is 0.255 e. The van der Waals surface area contributed by atoms with Gasteiger partial charge >= 0.3 is 0 Å². The molecule has 0 radical (unpaired) electrons. The fourth-order valence-electron chi connectivity index (χ4n) is 4.17. The van der Waals surface area contributed by atoms with E-state index in [-0.39, 0.29) is 29.0 Å². The molecule has 0 bridgehead atoms. The van der Waals surface area contributed by atoms with Crippen LogP contribution in [0.2, 0.25) is 0 Å². The van der Waals surface area contributed by atoms with Crippen LogP contribution in [0.15, 0.2) is 71.7 Å². The number of nitrogens with one attached hydrogen (secondary N) is 2. The number of primary amides is 1. The zero-order chi connectivity index (χ0) is 29.8. The van der Waals surface area contributed by atoms with E-state index in [1.54, 1.807) is 24.4 Å². The third kappa shape index (κ3) is 9.41. The lowest BCUT2D eigenvalue weighted by Crippen LogP contribution is -2.42. The van der Waals surface area contributed by atoms with Gasteiger partial charge in [-0.1, -0.05) is 23.8 Å². The Morgan fingerprint density at radius 3 is 2.10 bits per heavy atom. The number of rotatable bonds is 7. The minimum Gasteiger partial charge on any atom is -0.369 e. The molecule has 0 spiro atoms. The maximum atomic E-state index is 13.5. The molecular weight excluding hydrogens is 529 g/mol. The first-order valence-electron chi connectivity index (χ1n) is 13.3. The Labute approximate surface area is 237 Å². The van der Waals surface area contributed by atoms with Crippen molar-refractivity contribution in [3.8, 4) is 5.69 Å². The van der Waals surface area contributed by atoms with Crippen molar-refractivity contribution in [2.24, 2.45) is 17.6 Å². The third-order valence-corrected chi connectivity index (χ3v) is 6.68. The van der Waals surface area contributed by atoms with E-state index in [1.165, 1.54) is 28.3 Å². The van der Waals surface area contributed by atoms with E-state index < -0.39 is 5.82 Å². The normalized spacial score (nSPS) is 14.3. The average Bonchev–Trinajstić information content (AvgIpc) is 3.82. The summed E-state index contributed by atoms with van der Waals surface area (Å²) in [5, 5.41) is 4.78. The maximum Gasteiger partial charge on any atom is 0.255 e. The van der Waals surface area contributed by atoms with Crippen LogP contribution in [0.1, 0.15) is 31.2 Å². The van der Waals surface area contributed by atoms with Crippen LogP contribution in [0.25, 0.3) is 5.69 Å². The van der Waals surface area contributed by atoms with Gasteiger partial charge in [-0.3, -0.25) is 28.5 Å². The Balaban J connectivity index is 0.000000175. The highest BCUT2D eigenvalue weighted by Crippen LogP contribution is 2.32. The summed E-state index contributed by atoms with van der Waals surface area (Å²) in [5.74, 6) is -0.250. The van der Waals surface area contributed by atoms with E-state index in [4.69, 9.17) is 5.73 Å². The molecule has 1 aliphatic carbocycles. The first kappa shape index (κ1) is 30.7. The molecule has 2 heterocycles. The Morgan fingerprint density at radius 1 is 0.902 bits per heavy atom. The van der Waals surface area contributed by atoms with Gasteiger partial charge in [0.15, 0.2) is 0 Å². The molecule has 5 rings (SSSR count). The van der Waals surface area contributed by atoms with Gasteiger partial charge in [-0.15, -0.1) is 0 Å². The quantitative estimate of drug-likeness (QED) is 0.378. The Morgan fingerprint density at radius 2 is 1.56 bits per heavy atom. The highest BCUT2D eigenvalue weighted by Gasteiger charge is 2.35. The van der Waals surface area contributed by atoms with Crippen LogP contribution >= 0.6 is 0 Å². The number of carbonyl (C=O) groups excluding carboxylic acids is 4. The van der Waals surface area contributed by atoms with Crippen LogP contribution in [0.3, 0.4) is 0 Å². The number of halogens is 1. The number of piperidine rings is 1. The Kier molecular flexibility index (Phi) is 11.3. The van der Waals surface area contributed by atoms with Gasteiger partial charge in [0.05, 0.1) is 11.4 Å². The van der Waals surface area contributed by atoms with Crippen molar-refractivity contribution >= 4 is 36.0 Å². The lowest BCUT2D eigenvalue weighted by molar-refractivity contribution is -0.136. The van der Waals surface area contributed by atoms with E-state index in [2.05, 4.69) is 10.6 Å². The second-order valence-electron chi connectivity index (χ2n) is 9.74. The molecular formula is C30H34FN5O5. The molecule has 0 atom stereocenters. The number of nitrogens with two attached hydrogens (primary N) is 1. The molecule has 1 aromatic heterocycles. The van der Waals surface area contributed by atoms with E-state index in [9.17, 15) is 28.4 Å². The van der Waals surface area contributed by atoms with Gasteiger partial charge < -0.3 is 21.3 Å². The molecule has 11 heteroatoms. The molecule has 10 nitrogen and oxygen atoms in total. The molecule has 3 aromatic rings. The fraction of sp³-hybridized carbons (Fsp3) is 0.300. The first-order valence-corrected chi connectivity index (χ1v) is 13.3. The van der Waals surface area contributed by atoms with Crippen LogP contribution < -0.4 is 21.9 Å². The van der Waals surface area contributed by atoms with E-state index in [0.29, 0.717) is 37.5 Å². The van der Waals surface area contributed by atoms with Crippen LogP contribution in [-0.2, 0) is 19.2 Å². The van der Waals surface area contributed by atoms with Gasteiger partial charge in [0.25, 0.3) is 5.56 Å². The molecule has 2 aromatic carbocycles. The molecule has 1 saturated carbocycles. The Bertz CT molecular complexity index is 1400. The van der Waals surface area contributed by atoms with Crippen molar-refractivity contribution in [3.05, 3.63) is 88.6 Å². The number of hydrogen-bond acceptors (Lipinski definition) is 5. The largest absolute Gasteiger partial charge is 0.369 e. The number of carbonyl (C=O) groups is 4. The predicted molar refractivity (Wildman–Crippen MR) is 154 cm³/mol. The molecule has 4 N–H and O–H groups in total. The van der Waals surface area contributed by atoms with Crippen LogP contribution in [-0.4, -0.2) is 47.2 Å². The first-order chi connectivity index (χ1) is 19.7. The highest BCUT2D eigenvalue weighted by molar-refractivity contribution is 5.82. The highest BCUT2D eigenvalue weighted by atomic mass is 19.1. The lowest BCUT2D eigenvalue weighted by Gasteiger charge is -2.30. The van der Waals surface area contributed by atoms with Crippen molar-refractivity contribution in [3.63, 3.8) is 0 Å². The van der Waals surface area contributed by atoms with E-state index in [1.807, 2.05) is 36.1 Å². The van der Waals surface area contributed by atoms with Crippen molar-refractivity contribution in [2.45, 2.75) is 32.6 Å². The number of aromatic nitrogens is 1. The zero-order valence-electron chi connectivity index (χ0n) is 22.8. The minimum absolute atomic E-state index is 0.0155. The standard InChI is InChI=1S/C12H9FN2O2.C10H16N2O2.C8H9NO/c13-10-7-9(4-5-11(10)14-8-16)15-6-2-1-3-12(15)17;11-9(13)7-3-5-12(6-4-7)10(14)8-1-2-8;1-7-2-4-8(5-3-7)9-6-10/h1-8H,(H,14,16);7-8H,1-6H2,(H2,11,13);2-6H,1H3,(H,9,10). The molecule has 0 unspecified atom stereocenters. The Hall–Kier alpha value is -4.80. The second kappa shape index (κ2) is 15.1. The van der Waals surface area contributed by atoms with Gasteiger partial charge in [-0.05, 0) is 62.9 Å². The molecule has 1 aliphatic heterocycles. The van der Waals surface area contributed by atoms with Gasteiger partial charge in [-0.25, -0.2) is 4.39 Å². The summed E-state index contributed by atoms with van der Waals surface area (Å²) in [5.41, 5.74) is 7.48. The number of hydrogen-bond donors (Lipinski definition) is 3. The van der Waals surface area contributed by atoms with Crippen molar-refractivity contribution in [1.82, 2.24) is 9.47 Å². The fourth-order valence-corrected chi connectivity index (χ4v) is 4.17. The summed E-state index contributed by atoms with van der Waals surface area (Å²) in [6.45, 7) is 3.43. The molecule has 216 valence electrons. The molecule has 41 heavy (non-hydrogen) atoms. The van der Waals surface area contributed by atoms with Crippen LogP contribution in [0.4, 0.5) is 15.8 Å². The monoisotopic (exact) mass is 563 g/mol. The van der Waals surface area contributed by atoms with Crippen molar-refractivity contribution < 1.29 is 23.6 Å². The number of aryl methyl sites for hydroxylation is 1. The van der Waals surface area contributed by atoms with Crippen LogP contribution in [0.5, 0.6) is 0 Å². The number of anilines is 2. The summed E-state index contributed by atoms with van der Waals surface area (Å²) in [4.78, 5) is 56.1. The van der Waals surface area contributed by atoms with Crippen LogP contribution in [0, 0.1) is 24.6 Å². The summed E-state index contributed by atoms with van der Waals surface area (Å²) < 4.78 is 14.8. The number of nitrogens with zero attached hydrogens (tertiary/aromatic N) is 2. The molecule has 2 aliphatic rings. The van der Waals surface area contributed by atoms with Gasteiger partial charge in [0.1, 0.15) is 5.82 Å². The number of likely N-dealkylation sites (tertiary alicyclic amines) is 1. The van der Waals surface area contributed by atoms with E-state index >= 15 is 0 Å². The third-order valence-electron chi connectivity index (χ3n) is 6.68. The molecule has 2 fully saturated rings. The van der Waals surface area contributed by atoms with Crippen molar-refractivity contribution in [2.75, 3.05) is 23.7 Å². The summed E-state index contributed by atoms with van der Waals surface area (Å²) in [7, 11) is 0. The van der Waals surface area contributed by atoms with E-state index in [0.717, 1.165) is 31.4 Å². The SMILES string of the molecule is Cc1ccc(NC=O)cc1.NC(=O)C1CCN(C(=O)C2CC2)CC1.O=CNc1ccc(-n2ccccc2=O)cc1F. The number of amides is 4. The number of pyridine rings is 1. The zero-order valence-corrected chi connectivity index (χ0v) is 22.8. The van der Waals surface area contributed by atoms with Gasteiger partial charge in [0.2, 0.25) is 24.6 Å². The number of benzene rings is 2. The maximum absolute atomic E-state index is 13.5. The van der Waals surface area contributed by atoms with Gasteiger partial charge in [0, 0.05) is 48.9 Å². The summed E-state index contributed by atoms with van der Waals surface area (Å²) >= 11 is 0. The second-order valence-corrected chi connectivity index (χ2v) is 9.74. The van der Waals surface area contributed by atoms with Gasteiger partial charge in [-0.2, -0.15) is 0 Å². The summed E-state index contributed by atoms with van der Waals surface area (Å²) in [6.07, 6.45) is 6.20. The summed E-state index contributed by atoms with van der Waals surface area (Å²) in [6, 6.07) is 16.4. The topological polar surface area (TPSA) is 144 Å². The predicted octanol–water partition coefficient (Wildman–Crippen LogP) is 3.23. The average molecular weight is 564 g/mol. The van der Waals surface area contributed by atoms with Crippen molar-refractivity contribution in [1.29, 1.82) is 0 Å². The molecule has 1 saturated heterocycles.